The van der Waals surface area contributed by atoms with E-state index in [1.54, 1.807) is 0 Å². The van der Waals surface area contributed by atoms with Gasteiger partial charge in [-0.2, -0.15) is 0 Å². The molecule has 9 heteroatoms. The third-order valence-electron chi connectivity index (χ3n) is 4.28. The van der Waals surface area contributed by atoms with Crippen LogP contribution >= 0.6 is 0 Å². The Morgan fingerprint density at radius 2 is 1.88 bits per heavy atom. The van der Waals surface area contributed by atoms with Crippen molar-refractivity contribution in [1.82, 2.24) is 0 Å². The first-order valence-corrected chi connectivity index (χ1v) is 8.11. The zero-order valence-electron chi connectivity index (χ0n) is 14.5. The van der Waals surface area contributed by atoms with Crippen LogP contribution in [0.1, 0.15) is 38.5 Å². The molecular weight excluding hydrogens is 362 g/mol. The molecule has 0 aliphatic heterocycles. The second-order valence-corrected chi connectivity index (χ2v) is 6.15. The zero-order chi connectivity index (χ0) is 18.4. The van der Waals surface area contributed by atoms with Crippen LogP contribution in [0.3, 0.4) is 0 Å². The van der Waals surface area contributed by atoms with E-state index in [0.29, 0.717) is 0 Å². The summed E-state index contributed by atoms with van der Waals surface area (Å²) in [7, 11) is 0. The number of carbonyl (C=O) groups is 2. The molecule has 0 saturated heterocycles. The second-order valence-electron chi connectivity index (χ2n) is 6.15. The summed E-state index contributed by atoms with van der Waals surface area (Å²) < 4.78 is 40.4. The fourth-order valence-electron chi connectivity index (χ4n) is 3.16. The summed E-state index contributed by atoms with van der Waals surface area (Å²) >= 11 is 0. The van der Waals surface area contributed by atoms with E-state index in [9.17, 15) is 27.9 Å². The Labute approximate surface area is 171 Å². The van der Waals surface area contributed by atoms with Gasteiger partial charge in [0, 0.05) is 30.1 Å². The van der Waals surface area contributed by atoms with Crippen LogP contribution in [0.15, 0.2) is 24.3 Å². The molecule has 0 radical (unpaired) electrons. The molecule has 0 spiro atoms. The monoisotopic (exact) mass is 381 g/mol. The molecular formula is C17H19F3NNaO4. The van der Waals surface area contributed by atoms with E-state index in [1.165, 1.54) is 12.1 Å². The van der Waals surface area contributed by atoms with Gasteiger partial charge in [0.25, 0.3) is 0 Å². The Kier molecular flexibility index (Phi) is 8.92. The number of alkyl halides is 3. The number of ether oxygens (including phenoxy) is 1. The van der Waals surface area contributed by atoms with Crippen molar-refractivity contribution in [3.05, 3.63) is 24.3 Å². The molecule has 1 aromatic carbocycles. The van der Waals surface area contributed by atoms with Crippen LogP contribution in [0.5, 0.6) is 5.75 Å². The third kappa shape index (κ3) is 7.55. The molecule has 26 heavy (non-hydrogen) atoms. The minimum absolute atomic E-state index is 0. The smallest absolute Gasteiger partial charge is 0.550 e. The Morgan fingerprint density at radius 1 is 1.23 bits per heavy atom. The quantitative estimate of drug-likeness (QED) is 0.696. The summed E-state index contributed by atoms with van der Waals surface area (Å²) in [4.78, 5) is 23.5. The van der Waals surface area contributed by atoms with Gasteiger partial charge in [-0.15, -0.1) is 13.2 Å². The number of hydrogen-bond donors (Lipinski definition) is 1. The number of aliphatic carboxylic acids is 1. The fourth-order valence-corrected chi connectivity index (χ4v) is 3.16. The number of anilines is 1. The Bertz CT molecular complexity index is 618. The minimum atomic E-state index is -4.83. The van der Waals surface area contributed by atoms with Gasteiger partial charge in [-0.1, -0.05) is 25.3 Å². The topological polar surface area (TPSA) is 78.5 Å². The SMILES string of the molecule is O=C(CC(C(=O)[O-])C1CCCCC1)Nc1cccc(OC(F)(F)F)c1.[Na+]. The predicted octanol–water partition coefficient (Wildman–Crippen LogP) is -0.136. The Balaban J connectivity index is 0.00000338. The van der Waals surface area contributed by atoms with Crippen molar-refractivity contribution in [3.63, 3.8) is 0 Å². The van der Waals surface area contributed by atoms with E-state index >= 15 is 0 Å². The molecule has 1 atom stereocenters. The van der Waals surface area contributed by atoms with Crippen LogP contribution < -0.4 is 44.7 Å². The van der Waals surface area contributed by atoms with Crippen LogP contribution in [0, 0.1) is 11.8 Å². The van der Waals surface area contributed by atoms with Crippen molar-refractivity contribution in [3.8, 4) is 5.75 Å². The normalized spacial score (nSPS) is 16.3. The molecule has 1 aliphatic carbocycles. The van der Waals surface area contributed by atoms with Gasteiger partial charge in [0.2, 0.25) is 5.91 Å². The molecule has 1 saturated carbocycles. The summed E-state index contributed by atoms with van der Waals surface area (Å²) in [6, 6.07) is 4.83. The molecule has 138 valence electrons. The van der Waals surface area contributed by atoms with Crippen molar-refractivity contribution in [2.24, 2.45) is 11.8 Å². The molecule has 1 unspecified atom stereocenters. The standard InChI is InChI=1S/C17H20F3NO4.Na/c18-17(19,20)25-13-8-4-7-12(9-13)21-15(22)10-14(16(23)24)11-5-2-1-3-6-11;/h4,7-9,11,14H,1-3,5-6,10H2,(H,21,22)(H,23,24);/q;+1/p-1. The van der Waals surface area contributed by atoms with Gasteiger partial charge in [-0.05, 0) is 30.9 Å². The Hall–Kier alpha value is -1.25. The van der Waals surface area contributed by atoms with Crippen molar-refractivity contribution in [2.45, 2.75) is 44.9 Å². The van der Waals surface area contributed by atoms with E-state index in [2.05, 4.69) is 10.1 Å². The van der Waals surface area contributed by atoms with Gasteiger partial charge in [0.15, 0.2) is 0 Å². The summed E-state index contributed by atoms with van der Waals surface area (Å²) in [5.41, 5.74) is 0.104. The van der Waals surface area contributed by atoms with E-state index in [1.807, 2.05) is 0 Å². The van der Waals surface area contributed by atoms with Gasteiger partial charge >= 0.3 is 35.9 Å². The number of carboxylic acid groups (broad SMARTS) is 1. The summed E-state index contributed by atoms with van der Waals surface area (Å²) in [5.74, 6) is -3.31. The molecule has 0 bridgehead atoms. The number of carboxylic acids is 1. The molecule has 1 fully saturated rings. The summed E-state index contributed by atoms with van der Waals surface area (Å²) in [5, 5.41) is 13.8. The first-order chi connectivity index (χ1) is 11.7. The number of amides is 1. The maximum absolute atomic E-state index is 12.2. The third-order valence-corrected chi connectivity index (χ3v) is 4.28. The molecule has 1 aliphatic rings. The van der Waals surface area contributed by atoms with Crippen LogP contribution in [0.4, 0.5) is 18.9 Å². The number of rotatable bonds is 6. The number of nitrogens with one attached hydrogen (secondary N) is 1. The molecule has 2 rings (SSSR count). The molecule has 5 nitrogen and oxygen atoms in total. The van der Waals surface area contributed by atoms with E-state index in [-0.39, 0.29) is 47.6 Å². The number of benzene rings is 1. The van der Waals surface area contributed by atoms with E-state index < -0.39 is 29.9 Å². The van der Waals surface area contributed by atoms with Gasteiger partial charge < -0.3 is 20.0 Å². The van der Waals surface area contributed by atoms with E-state index in [0.717, 1.165) is 44.2 Å². The summed E-state index contributed by atoms with van der Waals surface area (Å²) in [6.07, 6.45) is -0.725. The largest absolute Gasteiger partial charge is 1.00 e. The van der Waals surface area contributed by atoms with Gasteiger partial charge in [-0.3, -0.25) is 4.79 Å². The average molecular weight is 381 g/mol. The van der Waals surface area contributed by atoms with Gasteiger partial charge in [0.05, 0.1) is 0 Å². The molecule has 1 aromatic rings. The number of halogens is 3. The van der Waals surface area contributed by atoms with Gasteiger partial charge in [-0.25, -0.2) is 0 Å². The van der Waals surface area contributed by atoms with Crippen LogP contribution in [0.2, 0.25) is 0 Å². The second kappa shape index (κ2) is 10.2. The fraction of sp³-hybridized carbons (Fsp3) is 0.529. The van der Waals surface area contributed by atoms with Crippen molar-refractivity contribution < 1.29 is 62.2 Å². The first-order valence-electron chi connectivity index (χ1n) is 8.11. The van der Waals surface area contributed by atoms with Gasteiger partial charge in [0.1, 0.15) is 5.75 Å². The average Bonchev–Trinajstić information content (AvgIpc) is 2.52. The molecule has 0 heterocycles. The number of hydrogen-bond acceptors (Lipinski definition) is 4. The maximum atomic E-state index is 12.2. The van der Waals surface area contributed by atoms with Crippen LogP contribution in [0.25, 0.3) is 0 Å². The maximum Gasteiger partial charge on any atom is 1.00 e. The zero-order valence-corrected chi connectivity index (χ0v) is 16.5. The predicted molar refractivity (Wildman–Crippen MR) is 81.4 cm³/mol. The minimum Gasteiger partial charge on any atom is -0.550 e. The number of carbonyl (C=O) groups excluding carboxylic acids is 2. The van der Waals surface area contributed by atoms with Crippen molar-refractivity contribution >= 4 is 17.6 Å². The van der Waals surface area contributed by atoms with Crippen molar-refractivity contribution in [2.75, 3.05) is 5.32 Å². The summed E-state index contributed by atoms with van der Waals surface area (Å²) in [6.45, 7) is 0. The van der Waals surface area contributed by atoms with E-state index in [4.69, 9.17) is 0 Å². The van der Waals surface area contributed by atoms with Crippen LogP contribution in [-0.4, -0.2) is 18.2 Å². The van der Waals surface area contributed by atoms with Crippen molar-refractivity contribution in [1.29, 1.82) is 0 Å². The Morgan fingerprint density at radius 3 is 2.46 bits per heavy atom. The first kappa shape index (κ1) is 22.8. The molecule has 1 N–H and O–H groups in total. The molecule has 1 amide bonds. The van der Waals surface area contributed by atoms with Crippen LogP contribution in [-0.2, 0) is 9.59 Å². The molecule has 0 aromatic heterocycles.